The van der Waals surface area contributed by atoms with Crippen molar-refractivity contribution in [2.75, 3.05) is 6.61 Å². The van der Waals surface area contributed by atoms with Gasteiger partial charge in [-0.3, -0.25) is 24.6 Å². The van der Waals surface area contributed by atoms with Gasteiger partial charge in [-0.1, -0.05) is 35.0 Å². The van der Waals surface area contributed by atoms with E-state index < -0.39 is 36.0 Å². The highest BCUT2D eigenvalue weighted by Gasteiger charge is 2.52. The fourth-order valence-electron chi connectivity index (χ4n) is 3.69. The van der Waals surface area contributed by atoms with Crippen LogP contribution in [0, 0.1) is 5.92 Å². The van der Waals surface area contributed by atoms with Crippen LogP contribution in [0.25, 0.3) is 0 Å². The lowest BCUT2D eigenvalue weighted by atomic mass is 9.77. The number of esters is 1. The van der Waals surface area contributed by atoms with Crippen LogP contribution in [0.2, 0.25) is 0 Å². The Morgan fingerprint density at radius 1 is 1.16 bits per heavy atom. The largest absolute Gasteiger partial charge is 0.455 e. The molecule has 10 heteroatoms. The summed E-state index contributed by atoms with van der Waals surface area (Å²) in [6.45, 7) is 1.43. The number of imide groups is 1. The van der Waals surface area contributed by atoms with E-state index in [2.05, 4.69) is 33.6 Å². The molecule has 0 aromatic heterocycles. The summed E-state index contributed by atoms with van der Waals surface area (Å²) in [5.74, 6) is -1.77. The second-order valence-corrected chi connectivity index (χ2v) is 8.88. The third-order valence-electron chi connectivity index (χ3n) is 5.61. The SMILES string of the molecule is CC1CCC2(CC1)NC(=O)N(NC(=O)COC(=O)CCC(=O)c1ccc(Br)cc1)C2=O. The fourth-order valence-corrected chi connectivity index (χ4v) is 3.95. The molecule has 0 atom stereocenters. The van der Waals surface area contributed by atoms with E-state index >= 15 is 0 Å². The van der Waals surface area contributed by atoms with Gasteiger partial charge >= 0.3 is 12.0 Å². The molecule has 2 N–H and O–H groups in total. The number of hydrogen-bond donors (Lipinski definition) is 2. The van der Waals surface area contributed by atoms with Crippen LogP contribution < -0.4 is 10.7 Å². The average molecular weight is 494 g/mol. The number of Topliss-reactive ketones (excluding diaryl/α,β-unsaturated/α-hetero) is 1. The summed E-state index contributed by atoms with van der Waals surface area (Å²) >= 11 is 3.28. The van der Waals surface area contributed by atoms with E-state index in [9.17, 15) is 24.0 Å². The Balaban J connectivity index is 1.43. The molecule has 0 radical (unpaired) electrons. The highest BCUT2D eigenvalue weighted by molar-refractivity contribution is 9.10. The molecular weight excluding hydrogens is 470 g/mol. The lowest BCUT2D eigenvalue weighted by Gasteiger charge is -2.33. The zero-order chi connectivity index (χ0) is 22.6. The van der Waals surface area contributed by atoms with Crippen molar-refractivity contribution in [2.24, 2.45) is 5.92 Å². The molecule has 1 aliphatic carbocycles. The van der Waals surface area contributed by atoms with Gasteiger partial charge in [0, 0.05) is 16.5 Å². The van der Waals surface area contributed by atoms with Crippen molar-refractivity contribution in [3.63, 3.8) is 0 Å². The van der Waals surface area contributed by atoms with Crippen LogP contribution in [-0.4, -0.2) is 46.8 Å². The first kappa shape index (κ1) is 22.9. The van der Waals surface area contributed by atoms with E-state index in [0.717, 1.165) is 17.3 Å². The van der Waals surface area contributed by atoms with E-state index in [-0.39, 0.29) is 18.6 Å². The fraction of sp³-hybridized carbons (Fsp3) is 0.476. The smallest absolute Gasteiger partial charge is 0.344 e. The number of hydrogen-bond acceptors (Lipinski definition) is 6. The third-order valence-corrected chi connectivity index (χ3v) is 6.14. The predicted octanol–water partition coefficient (Wildman–Crippen LogP) is 2.49. The molecule has 1 saturated carbocycles. The second kappa shape index (κ2) is 9.59. The third kappa shape index (κ3) is 5.49. The standard InChI is InChI=1S/C21H24BrN3O6/c1-13-8-10-21(11-9-13)19(29)25(20(30)23-21)24-17(27)12-31-18(28)7-6-16(26)14-2-4-15(22)5-3-14/h2-5,13H,6-12H2,1H3,(H,23,30)(H,24,27). The number of nitrogens with one attached hydrogen (secondary N) is 2. The summed E-state index contributed by atoms with van der Waals surface area (Å²) in [5, 5.41) is 3.34. The van der Waals surface area contributed by atoms with Crippen molar-refractivity contribution >= 4 is 45.5 Å². The van der Waals surface area contributed by atoms with Crippen LogP contribution in [0.5, 0.6) is 0 Å². The molecule has 1 saturated heterocycles. The molecule has 9 nitrogen and oxygen atoms in total. The number of rotatable bonds is 7. The van der Waals surface area contributed by atoms with E-state index in [1.54, 1.807) is 24.3 Å². The molecule has 1 aliphatic heterocycles. The van der Waals surface area contributed by atoms with E-state index in [1.165, 1.54) is 0 Å². The maximum absolute atomic E-state index is 12.7. The lowest BCUT2D eigenvalue weighted by molar-refractivity contribution is -0.150. The summed E-state index contributed by atoms with van der Waals surface area (Å²) in [7, 11) is 0. The molecule has 2 aliphatic rings. The molecular formula is C21H24BrN3O6. The van der Waals surface area contributed by atoms with Crippen LogP contribution in [0.15, 0.2) is 28.7 Å². The van der Waals surface area contributed by atoms with Crippen molar-refractivity contribution in [1.82, 2.24) is 15.8 Å². The number of halogens is 1. The molecule has 1 heterocycles. The van der Waals surface area contributed by atoms with Crippen molar-refractivity contribution in [3.05, 3.63) is 34.3 Å². The Labute approximate surface area is 188 Å². The van der Waals surface area contributed by atoms with Gasteiger partial charge in [0.2, 0.25) is 0 Å². The number of nitrogens with zero attached hydrogens (tertiary/aromatic N) is 1. The van der Waals surface area contributed by atoms with Gasteiger partial charge in [-0.15, -0.1) is 0 Å². The van der Waals surface area contributed by atoms with Crippen molar-refractivity contribution in [2.45, 2.75) is 51.0 Å². The molecule has 1 spiro atoms. The van der Waals surface area contributed by atoms with Crippen LogP contribution in [-0.2, 0) is 19.1 Å². The quantitative estimate of drug-likeness (QED) is 0.341. The molecule has 31 heavy (non-hydrogen) atoms. The summed E-state index contributed by atoms with van der Waals surface area (Å²) in [6.07, 6.45) is 2.41. The molecule has 3 rings (SSSR count). The topological polar surface area (TPSA) is 122 Å². The first-order valence-corrected chi connectivity index (χ1v) is 10.9. The highest BCUT2D eigenvalue weighted by Crippen LogP contribution is 2.35. The van der Waals surface area contributed by atoms with Gasteiger partial charge < -0.3 is 10.1 Å². The molecule has 0 unspecified atom stereocenters. The van der Waals surface area contributed by atoms with Crippen LogP contribution >= 0.6 is 15.9 Å². The molecule has 0 bridgehead atoms. The van der Waals surface area contributed by atoms with Gasteiger partial charge in [-0.25, -0.2) is 4.79 Å². The Bertz CT molecular complexity index is 893. The van der Waals surface area contributed by atoms with Crippen molar-refractivity contribution in [3.8, 4) is 0 Å². The Morgan fingerprint density at radius 3 is 2.45 bits per heavy atom. The lowest BCUT2D eigenvalue weighted by Crippen LogP contribution is -2.52. The Morgan fingerprint density at radius 2 is 1.81 bits per heavy atom. The molecule has 1 aromatic carbocycles. The van der Waals surface area contributed by atoms with Gasteiger partial charge in [0.1, 0.15) is 5.54 Å². The monoisotopic (exact) mass is 493 g/mol. The van der Waals surface area contributed by atoms with Crippen molar-refractivity contribution in [1.29, 1.82) is 0 Å². The van der Waals surface area contributed by atoms with Crippen LogP contribution in [0.1, 0.15) is 55.8 Å². The van der Waals surface area contributed by atoms with E-state index in [0.29, 0.717) is 29.3 Å². The maximum atomic E-state index is 12.7. The van der Waals surface area contributed by atoms with Gasteiger partial charge in [0.15, 0.2) is 12.4 Å². The molecule has 2 fully saturated rings. The zero-order valence-corrected chi connectivity index (χ0v) is 18.7. The van der Waals surface area contributed by atoms with E-state index in [4.69, 9.17) is 4.74 Å². The maximum Gasteiger partial charge on any atom is 0.344 e. The minimum atomic E-state index is -0.971. The van der Waals surface area contributed by atoms with Crippen LogP contribution in [0.4, 0.5) is 4.79 Å². The van der Waals surface area contributed by atoms with Crippen molar-refractivity contribution < 1.29 is 28.7 Å². The number of hydrazine groups is 1. The van der Waals surface area contributed by atoms with E-state index in [1.807, 2.05) is 0 Å². The molecule has 1 aromatic rings. The number of ketones is 1. The first-order valence-electron chi connectivity index (χ1n) is 10.1. The molecule has 4 amide bonds. The highest BCUT2D eigenvalue weighted by atomic mass is 79.9. The number of ether oxygens (including phenoxy) is 1. The summed E-state index contributed by atoms with van der Waals surface area (Å²) in [4.78, 5) is 60.9. The van der Waals surface area contributed by atoms with Gasteiger partial charge in [-0.05, 0) is 43.7 Å². The molecule has 166 valence electrons. The Kier molecular flexibility index (Phi) is 7.09. The number of benzene rings is 1. The van der Waals surface area contributed by atoms with Gasteiger partial charge in [0.05, 0.1) is 6.42 Å². The Hall–Kier alpha value is -2.75. The first-order chi connectivity index (χ1) is 14.7. The number of amides is 4. The number of urea groups is 1. The zero-order valence-electron chi connectivity index (χ0n) is 17.1. The second-order valence-electron chi connectivity index (χ2n) is 7.96. The normalized spacial score (nSPS) is 22.9. The summed E-state index contributed by atoms with van der Waals surface area (Å²) in [5.41, 5.74) is 1.70. The summed E-state index contributed by atoms with van der Waals surface area (Å²) in [6, 6.07) is 6.04. The van der Waals surface area contributed by atoms with Gasteiger partial charge in [0.25, 0.3) is 11.8 Å². The van der Waals surface area contributed by atoms with Gasteiger partial charge in [-0.2, -0.15) is 5.01 Å². The predicted molar refractivity (Wildman–Crippen MR) is 113 cm³/mol. The number of carbonyl (C=O) groups excluding carboxylic acids is 5. The summed E-state index contributed by atoms with van der Waals surface area (Å²) < 4.78 is 5.70. The minimum absolute atomic E-state index is 0.0595. The minimum Gasteiger partial charge on any atom is -0.455 e. The number of carbonyl (C=O) groups is 5. The van der Waals surface area contributed by atoms with Crippen LogP contribution in [0.3, 0.4) is 0 Å². The average Bonchev–Trinajstić information content (AvgIpc) is 2.97.